The van der Waals surface area contributed by atoms with Gasteiger partial charge in [-0.1, -0.05) is 25.7 Å². The Kier molecular flexibility index (Phi) is 8.63. The van der Waals surface area contributed by atoms with Crippen molar-refractivity contribution < 1.29 is 23.6 Å². The van der Waals surface area contributed by atoms with Crippen LogP contribution in [0.2, 0.25) is 5.28 Å². The van der Waals surface area contributed by atoms with Gasteiger partial charge < -0.3 is 9.73 Å². The molecule has 0 saturated heterocycles. The zero-order chi connectivity index (χ0) is 22.9. The number of carbonyl (C=O) groups is 2. The normalized spacial score (nSPS) is 14.7. The highest BCUT2D eigenvalue weighted by Crippen LogP contribution is 2.30. The van der Waals surface area contributed by atoms with Gasteiger partial charge in [0.05, 0.1) is 18.7 Å². The summed E-state index contributed by atoms with van der Waals surface area (Å²) in [6.45, 7) is 0.172. The maximum absolute atomic E-state index is 14.8. The van der Waals surface area contributed by atoms with E-state index in [4.69, 9.17) is 16.0 Å². The third kappa shape index (κ3) is 6.79. The molecule has 0 aromatic carbocycles. The van der Waals surface area contributed by atoms with Gasteiger partial charge >= 0.3 is 0 Å². The Labute approximate surface area is 189 Å². The summed E-state index contributed by atoms with van der Waals surface area (Å²) >= 11 is 5.90. The van der Waals surface area contributed by atoms with Gasteiger partial charge in [0.1, 0.15) is 5.76 Å². The van der Waals surface area contributed by atoms with E-state index >= 15 is 0 Å². The molecule has 1 saturated carbocycles. The van der Waals surface area contributed by atoms with Crippen molar-refractivity contribution in [2.24, 2.45) is 11.8 Å². The lowest BCUT2D eigenvalue weighted by Gasteiger charge is -2.22. The van der Waals surface area contributed by atoms with Crippen molar-refractivity contribution in [3.8, 4) is 0 Å². The monoisotopic (exact) mass is 468 g/mol. The van der Waals surface area contributed by atoms with Gasteiger partial charge in [0.15, 0.2) is 11.6 Å². The molecule has 4 N–H and O–H groups in total. The number of rotatable bonds is 12. The molecule has 1 aliphatic carbocycles. The van der Waals surface area contributed by atoms with Crippen molar-refractivity contribution in [1.82, 2.24) is 20.5 Å². The molecule has 2 aromatic rings. The lowest BCUT2D eigenvalue weighted by Crippen LogP contribution is -2.41. The van der Waals surface area contributed by atoms with Crippen LogP contribution in [0.4, 0.5) is 16.0 Å². The summed E-state index contributed by atoms with van der Waals surface area (Å²) in [5.41, 5.74) is 4.84. The molecule has 0 radical (unpaired) electrons. The number of amides is 2. The van der Waals surface area contributed by atoms with Gasteiger partial charge in [-0.3, -0.25) is 25.6 Å². The molecule has 0 spiro atoms. The van der Waals surface area contributed by atoms with E-state index < -0.39 is 17.6 Å². The Morgan fingerprint density at radius 1 is 1.38 bits per heavy atom. The van der Waals surface area contributed by atoms with Crippen LogP contribution >= 0.6 is 11.6 Å². The number of carbonyl (C=O) groups excluding carboxylic acids is 2. The Morgan fingerprint density at radius 2 is 2.12 bits per heavy atom. The standard InChI is InChI=1S/C20H26ClFN6O4/c21-20-24-17(23-8-7-15-6-3-9-32-15)16(22)18(25-20)26-27-19(30)14(11-28(31)12-29)10-13-4-1-2-5-13/h3,6,9,12-14,31H,1-2,4-5,7-8,10-11H2,(H,27,30)(H2,23,24,25,26)/t14-/m1/s1. The number of hydrogen-bond donors (Lipinski definition) is 4. The predicted molar refractivity (Wildman–Crippen MR) is 114 cm³/mol. The first-order valence-electron chi connectivity index (χ1n) is 10.4. The van der Waals surface area contributed by atoms with Gasteiger partial charge in [0.25, 0.3) is 0 Å². The number of nitrogens with zero attached hydrogens (tertiary/aromatic N) is 3. The van der Waals surface area contributed by atoms with E-state index in [0.29, 0.717) is 30.4 Å². The maximum atomic E-state index is 14.8. The summed E-state index contributed by atoms with van der Waals surface area (Å²) in [5.74, 6) is -1.37. The fourth-order valence-electron chi connectivity index (χ4n) is 3.78. The smallest absolute Gasteiger partial charge is 0.243 e. The maximum Gasteiger partial charge on any atom is 0.243 e. The van der Waals surface area contributed by atoms with Crippen LogP contribution in [-0.2, 0) is 16.0 Å². The molecule has 174 valence electrons. The largest absolute Gasteiger partial charge is 0.469 e. The van der Waals surface area contributed by atoms with E-state index in [0.717, 1.165) is 31.4 Å². The number of aromatic nitrogens is 2. The summed E-state index contributed by atoms with van der Waals surface area (Å²) in [6, 6.07) is 3.56. The Balaban J connectivity index is 1.60. The molecule has 0 bridgehead atoms. The van der Waals surface area contributed by atoms with Crippen LogP contribution in [0.5, 0.6) is 0 Å². The van der Waals surface area contributed by atoms with Crippen molar-refractivity contribution in [2.45, 2.75) is 38.5 Å². The molecule has 2 amide bonds. The van der Waals surface area contributed by atoms with Crippen molar-refractivity contribution in [1.29, 1.82) is 0 Å². The topological polar surface area (TPSA) is 133 Å². The second-order valence-electron chi connectivity index (χ2n) is 7.68. The molecule has 10 nitrogen and oxygen atoms in total. The highest BCUT2D eigenvalue weighted by Gasteiger charge is 2.27. The molecular formula is C20H26ClFN6O4. The van der Waals surface area contributed by atoms with Crippen LogP contribution in [0.3, 0.4) is 0 Å². The summed E-state index contributed by atoms with van der Waals surface area (Å²) in [4.78, 5) is 31.1. The third-order valence-corrected chi connectivity index (χ3v) is 5.53. The molecule has 1 atom stereocenters. The second-order valence-corrected chi connectivity index (χ2v) is 8.02. The summed E-state index contributed by atoms with van der Waals surface area (Å²) in [7, 11) is 0. The van der Waals surface area contributed by atoms with Gasteiger partial charge in [-0.05, 0) is 36.1 Å². The van der Waals surface area contributed by atoms with Crippen molar-refractivity contribution in [3.05, 3.63) is 35.3 Å². The first-order valence-corrected chi connectivity index (χ1v) is 10.8. The fourth-order valence-corrected chi connectivity index (χ4v) is 3.95. The lowest BCUT2D eigenvalue weighted by molar-refractivity contribution is -0.154. The molecule has 1 aliphatic rings. The summed E-state index contributed by atoms with van der Waals surface area (Å²) in [5, 5.41) is 12.6. The van der Waals surface area contributed by atoms with E-state index in [1.807, 2.05) is 0 Å². The molecule has 3 rings (SSSR count). The predicted octanol–water partition coefficient (Wildman–Crippen LogP) is 3.00. The van der Waals surface area contributed by atoms with Crippen molar-refractivity contribution in [3.63, 3.8) is 0 Å². The first kappa shape index (κ1) is 23.7. The van der Waals surface area contributed by atoms with Crippen LogP contribution in [0.1, 0.15) is 37.9 Å². The molecule has 2 heterocycles. The summed E-state index contributed by atoms with van der Waals surface area (Å²) in [6.07, 6.45) is 6.97. The van der Waals surface area contributed by atoms with Gasteiger partial charge in [-0.2, -0.15) is 14.4 Å². The zero-order valence-electron chi connectivity index (χ0n) is 17.4. The Hall–Kier alpha value is -2.92. The minimum Gasteiger partial charge on any atom is -0.469 e. The Bertz CT molecular complexity index is 894. The van der Waals surface area contributed by atoms with E-state index in [-0.39, 0.29) is 29.9 Å². The van der Waals surface area contributed by atoms with E-state index in [2.05, 4.69) is 26.1 Å². The summed E-state index contributed by atoms with van der Waals surface area (Å²) < 4.78 is 20.0. The van der Waals surface area contributed by atoms with Crippen LogP contribution in [0.15, 0.2) is 22.8 Å². The van der Waals surface area contributed by atoms with Crippen LogP contribution in [-0.4, -0.2) is 45.6 Å². The van der Waals surface area contributed by atoms with E-state index in [1.54, 1.807) is 18.4 Å². The molecule has 32 heavy (non-hydrogen) atoms. The average molecular weight is 469 g/mol. The first-order chi connectivity index (χ1) is 15.5. The molecule has 1 fully saturated rings. The van der Waals surface area contributed by atoms with Gasteiger partial charge in [-0.15, -0.1) is 0 Å². The number of hydroxylamine groups is 2. The van der Waals surface area contributed by atoms with E-state index in [9.17, 15) is 19.2 Å². The Morgan fingerprint density at radius 3 is 2.81 bits per heavy atom. The van der Waals surface area contributed by atoms with Crippen molar-refractivity contribution in [2.75, 3.05) is 23.8 Å². The highest BCUT2D eigenvalue weighted by molar-refractivity contribution is 6.28. The lowest BCUT2D eigenvalue weighted by atomic mass is 9.92. The van der Waals surface area contributed by atoms with E-state index in [1.165, 1.54) is 0 Å². The molecule has 0 unspecified atom stereocenters. The minimum absolute atomic E-state index is 0.127. The average Bonchev–Trinajstić information content (AvgIpc) is 3.48. The van der Waals surface area contributed by atoms with Gasteiger partial charge in [-0.25, -0.2) is 5.06 Å². The number of furan rings is 1. The highest BCUT2D eigenvalue weighted by atomic mass is 35.5. The van der Waals surface area contributed by atoms with Crippen LogP contribution in [0, 0.1) is 17.7 Å². The molecular weight excluding hydrogens is 443 g/mol. The van der Waals surface area contributed by atoms with Crippen molar-refractivity contribution >= 4 is 35.6 Å². The van der Waals surface area contributed by atoms with Crippen LogP contribution in [0.25, 0.3) is 0 Å². The fraction of sp³-hybridized carbons (Fsp3) is 0.500. The zero-order valence-corrected chi connectivity index (χ0v) is 18.1. The number of anilines is 2. The SMILES string of the molecule is O=CN(O)C[C@@H](CC1CCCC1)C(=O)NNc1nc(Cl)nc(NCCc2ccco2)c1F. The number of nitrogens with one attached hydrogen (secondary N) is 3. The quantitative estimate of drug-likeness (QED) is 0.162. The molecule has 12 heteroatoms. The van der Waals surface area contributed by atoms with Gasteiger partial charge in [0.2, 0.25) is 23.4 Å². The van der Waals surface area contributed by atoms with Crippen LogP contribution < -0.4 is 16.2 Å². The number of hydrazine groups is 1. The number of hydrogen-bond acceptors (Lipinski definition) is 8. The molecule has 2 aromatic heterocycles. The third-order valence-electron chi connectivity index (χ3n) is 5.36. The molecule has 0 aliphatic heterocycles. The number of halogens is 2. The van der Waals surface area contributed by atoms with Gasteiger partial charge in [0, 0.05) is 13.0 Å². The second kappa shape index (κ2) is 11.6. The minimum atomic E-state index is -0.821.